The van der Waals surface area contributed by atoms with Crippen LogP contribution in [0, 0.1) is 13.8 Å². The fourth-order valence-electron chi connectivity index (χ4n) is 2.42. The van der Waals surface area contributed by atoms with Gasteiger partial charge in [-0.1, -0.05) is 12.1 Å². The van der Waals surface area contributed by atoms with Crippen molar-refractivity contribution in [2.24, 2.45) is 0 Å². The molecule has 2 rings (SSSR count). The molecule has 0 radical (unpaired) electrons. The molecule has 0 aliphatic heterocycles. The smallest absolute Gasteiger partial charge is 0.240 e. The molecule has 24 heavy (non-hydrogen) atoms. The fraction of sp³-hybridized carbons (Fsp3) is 0.353. The number of furan rings is 1. The van der Waals surface area contributed by atoms with E-state index in [1.807, 2.05) is 0 Å². The summed E-state index contributed by atoms with van der Waals surface area (Å²) in [4.78, 5) is 11.3. The van der Waals surface area contributed by atoms with Crippen LogP contribution in [0.4, 0.5) is 0 Å². The number of benzene rings is 1. The lowest BCUT2D eigenvalue weighted by Crippen LogP contribution is -2.26. The topological polar surface area (TPSA) is 96.6 Å². The molecule has 7 heteroatoms. The zero-order valence-electron chi connectivity index (χ0n) is 13.9. The van der Waals surface area contributed by atoms with Crippen molar-refractivity contribution in [3.8, 4) is 0 Å². The summed E-state index contributed by atoms with van der Waals surface area (Å²) in [6, 6.07) is 7.47. The molecule has 0 aliphatic carbocycles. The van der Waals surface area contributed by atoms with E-state index < -0.39 is 16.1 Å². The van der Waals surface area contributed by atoms with Crippen LogP contribution in [0.15, 0.2) is 39.6 Å². The molecule has 2 aromatic rings. The Morgan fingerprint density at radius 1 is 1.25 bits per heavy atom. The number of hydrogen-bond acceptors (Lipinski definition) is 5. The minimum absolute atomic E-state index is 0.0809. The van der Waals surface area contributed by atoms with Crippen molar-refractivity contribution >= 4 is 15.8 Å². The van der Waals surface area contributed by atoms with Crippen LogP contribution in [0.1, 0.15) is 46.9 Å². The predicted molar refractivity (Wildman–Crippen MR) is 89.4 cm³/mol. The monoisotopic (exact) mass is 351 g/mol. The predicted octanol–water partition coefficient (Wildman–Crippen LogP) is 2.50. The molecule has 0 saturated heterocycles. The van der Waals surface area contributed by atoms with Gasteiger partial charge in [-0.25, -0.2) is 13.1 Å². The zero-order chi connectivity index (χ0) is 17.9. The van der Waals surface area contributed by atoms with Crippen LogP contribution in [-0.2, 0) is 10.0 Å². The lowest BCUT2D eigenvalue weighted by Gasteiger charge is -2.11. The van der Waals surface area contributed by atoms with Gasteiger partial charge in [0.05, 0.1) is 11.0 Å². The second-order valence-electron chi connectivity index (χ2n) is 5.65. The summed E-state index contributed by atoms with van der Waals surface area (Å²) in [6.45, 7) is 5.05. The molecule has 0 aliphatic rings. The summed E-state index contributed by atoms with van der Waals surface area (Å²) in [6.07, 6.45) is -0.574. The molecular formula is C17H21NO5S. The minimum atomic E-state index is -3.68. The Morgan fingerprint density at radius 3 is 2.38 bits per heavy atom. The standard InChI is InChI=1S/C17H21NO5S/c1-11-10-16(13(3)23-11)17(20)8-9-18-24(21,22)15-6-4-14(5-7-15)12(2)19/h4-7,10,17-18,20H,8-9H2,1-3H3. The SMILES string of the molecule is CC(=O)c1ccc(S(=O)(=O)NCCC(O)c2cc(C)oc2C)cc1. The van der Waals surface area contributed by atoms with Gasteiger partial charge in [-0.15, -0.1) is 0 Å². The number of carbonyl (C=O) groups excluding carboxylic acids is 1. The van der Waals surface area contributed by atoms with E-state index in [0.717, 1.165) is 0 Å². The van der Waals surface area contributed by atoms with Gasteiger partial charge in [-0.05, 0) is 45.4 Å². The Bertz CT molecular complexity index is 821. The number of carbonyl (C=O) groups is 1. The summed E-state index contributed by atoms with van der Waals surface area (Å²) in [5, 5.41) is 10.1. The Kier molecular flexibility index (Phi) is 5.58. The first kappa shape index (κ1) is 18.4. The lowest BCUT2D eigenvalue weighted by molar-refractivity contribution is 0.101. The van der Waals surface area contributed by atoms with E-state index in [1.165, 1.54) is 31.2 Å². The first-order valence-electron chi connectivity index (χ1n) is 7.56. The number of Topliss-reactive ketones (excluding diaryl/α,β-unsaturated/α-hetero) is 1. The Balaban J connectivity index is 1.97. The highest BCUT2D eigenvalue weighted by molar-refractivity contribution is 7.89. The molecule has 0 amide bonds. The number of hydrogen-bond donors (Lipinski definition) is 2. The number of sulfonamides is 1. The Hall–Kier alpha value is -1.96. The van der Waals surface area contributed by atoms with E-state index in [9.17, 15) is 18.3 Å². The molecule has 1 unspecified atom stereocenters. The van der Waals surface area contributed by atoms with E-state index in [2.05, 4.69) is 4.72 Å². The van der Waals surface area contributed by atoms with Gasteiger partial charge in [0.2, 0.25) is 10.0 Å². The van der Waals surface area contributed by atoms with Crippen molar-refractivity contribution in [2.45, 2.75) is 38.2 Å². The third kappa shape index (κ3) is 4.31. The molecule has 1 heterocycles. The highest BCUT2D eigenvalue weighted by Crippen LogP contribution is 2.23. The van der Waals surface area contributed by atoms with E-state index in [-0.39, 0.29) is 23.6 Å². The molecule has 0 spiro atoms. The maximum atomic E-state index is 12.2. The molecule has 1 aromatic heterocycles. The summed E-state index contributed by atoms with van der Waals surface area (Å²) in [5.41, 5.74) is 1.12. The molecular weight excluding hydrogens is 330 g/mol. The van der Waals surface area contributed by atoms with Crippen molar-refractivity contribution in [1.29, 1.82) is 0 Å². The largest absolute Gasteiger partial charge is 0.466 e. The normalized spacial score (nSPS) is 13.0. The second-order valence-corrected chi connectivity index (χ2v) is 7.42. The summed E-state index contributed by atoms with van der Waals surface area (Å²) in [5.74, 6) is 1.20. The number of aliphatic hydroxyl groups excluding tert-OH is 1. The van der Waals surface area contributed by atoms with Gasteiger partial charge in [0.15, 0.2) is 5.78 Å². The molecule has 6 nitrogen and oxygen atoms in total. The molecule has 1 aromatic carbocycles. The van der Waals surface area contributed by atoms with Gasteiger partial charge >= 0.3 is 0 Å². The van der Waals surface area contributed by atoms with Crippen molar-refractivity contribution < 1.29 is 22.7 Å². The average molecular weight is 351 g/mol. The molecule has 0 bridgehead atoms. The van der Waals surface area contributed by atoms with Crippen LogP contribution in [0.5, 0.6) is 0 Å². The molecule has 0 fully saturated rings. The number of aliphatic hydroxyl groups is 1. The number of nitrogens with one attached hydrogen (secondary N) is 1. The maximum absolute atomic E-state index is 12.2. The third-order valence-electron chi connectivity index (χ3n) is 3.72. The van der Waals surface area contributed by atoms with Crippen LogP contribution in [-0.4, -0.2) is 25.9 Å². The number of ketones is 1. The van der Waals surface area contributed by atoms with Crippen LogP contribution in [0.3, 0.4) is 0 Å². The van der Waals surface area contributed by atoms with Crippen molar-refractivity contribution in [1.82, 2.24) is 4.72 Å². The van der Waals surface area contributed by atoms with Gasteiger partial charge < -0.3 is 9.52 Å². The van der Waals surface area contributed by atoms with E-state index >= 15 is 0 Å². The number of rotatable bonds is 7. The second kappa shape index (κ2) is 7.29. The summed E-state index contributed by atoms with van der Waals surface area (Å²) < 4.78 is 32.2. The van der Waals surface area contributed by atoms with Gasteiger partial charge in [0.25, 0.3) is 0 Å². The first-order valence-corrected chi connectivity index (χ1v) is 9.04. The fourth-order valence-corrected chi connectivity index (χ4v) is 3.47. The van der Waals surface area contributed by atoms with Crippen LogP contribution in [0.2, 0.25) is 0 Å². The van der Waals surface area contributed by atoms with Crippen molar-refractivity contribution in [2.75, 3.05) is 6.54 Å². The van der Waals surface area contributed by atoms with Gasteiger partial charge in [0.1, 0.15) is 11.5 Å². The third-order valence-corrected chi connectivity index (χ3v) is 5.20. The summed E-state index contributed by atoms with van der Waals surface area (Å²) in [7, 11) is -3.68. The zero-order valence-corrected chi connectivity index (χ0v) is 14.7. The molecule has 2 N–H and O–H groups in total. The van der Waals surface area contributed by atoms with E-state index in [4.69, 9.17) is 4.42 Å². The molecule has 0 saturated carbocycles. The Morgan fingerprint density at radius 2 is 1.88 bits per heavy atom. The highest BCUT2D eigenvalue weighted by atomic mass is 32.2. The maximum Gasteiger partial charge on any atom is 0.240 e. The van der Waals surface area contributed by atoms with Crippen molar-refractivity contribution in [3.05, 3.63) is 53.0 Å². The van der Waals surface area contributed by atoms with Gasteiger partial charge in [0, 0.05) is 17.7 Å². The van der Waals surface area contributed by atoms with Crippen LogP contribution < -0.4 is 4.72 Å². The van der Waals surface area contributed by atoms with Crippen LogP contribution >= 0.6 is 0 Å². The number of aryl methyl sites for hydroxylation is 2. The van der Waals surface area contributed by atoms with E-state index in [0.29, 0.717) is 22.6 Å². The molecule has 1 atom stereocenters. The summed E-state index contributed by atoms with van der Waals surface area (Å²) >= 11 is 0. The average Bonchev–Trinajstić information content (AvgIpc) is 2.85. The van der Waals surface area contributed by atoms with E-state index in [1.54, 1.807) is 19.9 Å². The lowest BCUT2D eigenvalue weighted by atomic mass is 10.1. The highest BCUT2D eigenvalue weighted by Gasteiger charge is 2.17. The van der Waals surface area contributed by atoms with Crippen LogP contribution in [0.25, 0.3) is 0 Å². The van der Waals surface area contributed by atoms with Gasteiger partial charge in [-0.2, -0.15) is 0 Å². The minimum Gasteiger partial charge on any atom is -0.466 e. The quantitative estimate of drug-likeness (QED) is 0.747. The first-order chi connectivity index (χ1) is 11.2. The Labute approximate surface area is 141 Å². The van der Waals surface area contributed by atoms with Crippen molar-refractivity contribution in [3.63, 3.8) is 0 Å². The molecule has 130 valence electrons. The van der Waals surface area contributed by atoms with Gasteiger partial charge in [-0.3, -0.25) is 4.79 Å².